The lowest BCUT2D eigenvalue weighted by atomic mass is 9.69. The van der Waals surface area contributed by atoms with Gasteiger partial charge >= 0.3 is 0 Å². The van der Waals surface area contributed by atoms with Crippen molar-refractivity contribution in [3.63, 3.8) is 0 Å². The van der Waals surface area contributed by atoms with Crippen LogP contribution in [-0.4, -0.2) is 112 Å². The van der Waals surface area contributed by atoms with Gasteiger partial charge in [0.1, 0.15) is 28.2 Å². The fraction of sp³-hybridized carbons (Fsp3) is 0.404. The van der Waals surface area contributed by atoms with Crippen LogP contribution in [0.3, 0.4) is 0 Å². The van der Waals surface area contributed by atoms with E-state index in [1.165, 1.54) is 54.6 Å². The summed E-state index contributed by atoms with van der Waals surface area (Å²) in [5, 5.41) is 31.9. The Labute approximate surface area is 375 Å². The molecule has 324 valence electrons. The third-order valence-corrected chi connectivity index (χ3v) is 15.9. The molecule has 11 rings (SSSR count). The molecule has 0 saturated carbocycles. The number of rotatable bonds is 9. The van der Waals surface area contributed by atoms with Crippen molar-refractivity contribution in [2.45, 2.75) is 64.0 Å². The van der Waals surface area contributed by atoms with Gasteiger partial charge in [0.25, 0.3) is 0 Å². The average Bonchev–Trinajstić information content (AvgIpc) is 3.76. The molecule has 2 N–H and O–H groups in total. The van der Waals surface area contributed by atoms with Gasteiger partial charge in [-0.3, -0.25) is 14.5 Å². The van der Waals surface area contributed by atoms with Gasteiger partial charge in [-0.15, -0.1) is 21.5 Å². The standard InChI is InChI=1S/C52H58N8O2S/c1-33-35(3)63-51-47(33)49(53-34(2)50-55-54-36(4)60(50)51)40-12-17-42(18-13-40)58-28-37(29-58)27-56-22-24-57(25-23-56)30-52(62)31-59(32-52)43-15-10-39(11-16-43)48-45(38-8-6-5-7-9-38)20-14-41-26-44(61)19-21-46(41)48/h5-13,15-19,21,26,34,37,45,48,61-62H,14,20,22-25,27-32H2,1-4H3/t34-,45+,48-/m0/s1. The minimum atomic E-state index is -0.683. The van der Waals surface area contributed by atoms with Crippen LogP contribution in [-0.2, 0) is 6.42 Å². The van der Waals surface area contributed by atoms with E-state index in [1.54, 1.807) is 11.3 Å². The van der Waals surface area contributed by atoms with Gasteiger partial charge in [-0.1, -0.05) is 60.7 Å². The molecule has 6 aromatic rings. The number of nitrogens with zero attached hydrogens (tertiary/aromatic N) is 8. The number of thiophene rings is 1. The summed E-state index contributed by atoms with van der Waals surface area (Å²) in [5.41, 5.74) is 11.7. The smallest absolute Gasteiger partial charge is 0.162 e. The molecule has 2 aromatic heterocycles. The van der Waals surface area contributed by atoms with E-state index in [4.69, 9.17) is 4.99 Å². The van der Waals surface area contributed by atoms with Crippen molar-refractivity contribution in [3.8, 4) is 10.8 Å². The van der Waals surface area contributed by atoms with Crippen molar-refractivity contribution in [2.24, 2.45) is 10.9 Å². The first-order valence-corrected chi connectivity index (χ1v) is 23.7. The second-order valence-electron chi connectivity index (χ2n) is 19.0. The normalized spacial score (nSPS) is 22.4. The van der Waals surface area contributed by atoms with Gasteiger partial charge in [0.15, 0.2) is 5.82 Å². The van der Waals surface area contributed by atoms with E-state index in [-0.39, 0.29) is 12.0 Å². The quantitative estimate of drug-likeness (QED) is 0.151. The number of β-amino-alcohol motifs (C(OH)–C–C–N with tert-alkyl or cyclic N) is 1. The van der Waals surface area contributed by atoms with Crippen molar-refractivity contribution >= 4 is 28.4 Å². The molecule has 10 nitrogen and oxygen atoms in total. The highest BCUT2D eigenvalue weighted by molar-refractivity contribution is 7.15. The summed E-state index contributed by atoms with van der Waals surface area (Å²) in [7, 11) is 0. The second-order valence-corrected chi connectivity index (χ2v) is 20.2. The summed E-state index contributed by atoms with van der Waals surface area (Å²) < 4.78 is 2.20. The first-order valence-electron chi connectivity index (χ1n) is 22.9. The Balaban J connectivity index is 0.658. The second kappa shape index (κ2) is 16.0. The number of hydrogen-bond donors (Lipinski definition) is 2. The summed E-state index contributed by atoms with van der Waals surface area (Å²) >= 11 is 1.80. The predicted octanol–water partition coefficient (Wildman–Crippen LogP) is 8.04. The lowest BCUT2D eigenvalue weighted by Crippen LogP contribution is -2.67. The Morgan fingerprint density at radius 3 is 2.22 bits per heavy atom. The number of fused-ring (bicyclic) bond motifs is 4. The largest absolute Gasteiger partial charge is 0.508 e. The molecule has 5 aliphatic rings. The highest BCUT2D eigenvalue weighted by Crippen LogP contribution is 2.47. The zero-order valence-electron chi connectivity index (χ0n) is 36.9. The lowest BCUT2D eigenvalue weighted by Gasteiger charge is -2.51. The van der Waals surface area contributed by atoms with Gasteiger partial charge < -0.3 is 24.9 Å². The van der Waals surface area contributed by atoms with Gasteiger partial charge in [0.05, 0.1) is 5.71 Å². The SMILES string of the molecule is Cc1sc2c(c1C)C(c1ccc(N3CC(CN4CCN(CC5(O)CN(c6ccc([C@@H]7c8ccc(O)cc8CC[C@@H]7c7ccccc7)cc6)C5)CC4)C3)cc1)=N[C@@H](C)c1nnc(C)n1-2. The molecule has 0 spiro atoms. The number of anilines is 2. The first kappa shape index (κ1) is 40.4. The Kier molecular flexibility index (Phi) is 10.3. The number of aryl methyl sites for hydroxylation is 3. The Morgan fingerprint density at radius 2 is 1.48 bits per heavy atom. The molecule has 3 atom stereocenters. The van der Waals surface area contributed by atoms with Crippen molar-refractivity contribution in [1.82, 2.24) is 24.6 Å². The number of piperazine rings is 1. The third-order valence-electron chi connectivity index (χ3n) is 14.7. The minimum absolute atomic E-state index is 0.0829. The molecule has 1 aliphatic carbocycles. The molecule has 11 heteroatoms. The van der Waals surface area contributed by atoms with E-state index < -0.39 is 5.60 Å². The van der Waals surface area contributed by atoms with Gasteiger partial charge in [-0.2, -0.15) is 0 Å². The number of aliphatic hydroxyl groups is 1. The van der Waals surface area contributed by atoms with Crippen LogP contribution < -0.4 is 9.80 Å². The van der Waals surface area contributed by atoms with Gasteiger partial charge in [0, 0.05) is 105 Å². The highest BCUT2D eigenvalue weighted by Gasteiger charge is 2.43. The summed E-state index contributed by atoms with van der Waals surface area (Å²) in [6.07, 6.45) is 2.02. The van der Waals surface area contributed by atoms with Crippen molar-refractivity contribution in [3.05, 3.63) is 153 Å². The summed E-state index contributed by atoms with van der Waals surface area (Å²) in [6, 6.07) is 34.8. The molecule has 3 fully saturated rings. The van der Waals surface area contributed by atoms with Gasteiger partial charge in [-0.25, -0.2) is 0 Å². The molecule has 0 bridgehead atoms. The van der Waals surface area contributed by atoms with E-state index in [0.29, 0.717) is 30.7 Å². The number of phenolic OH excluding ortho intramolecular Hbond substituents is 1. The Morgan fingerprint density at radius 1 is 0.778 bits per heavy atom. The fourth-order valence-electron chi connectivity index (χ4n) is 11.2. The Hall–Kier alpha value is -5.33. The van der Waals surface area contributed by atoms with Crippen LogP contribution >= 0.6 is 11.3 Å². The zero-order valence-corrected chi connectivity index (χ0v) is 37.7. The summed E-state index contributed by atoms with van der Waals surface area (Å²) in [6.45, 7) is 18.0. The lowest BCUT2D eigenvalue weighted by molar-refractivity contribution is -0.0309. The van der Waals surface area contributed by atoms with Crippen LogP contribution in [0.4, 0.5) is 11.4 Å². The Bertz CT molecular complexity index is 2650. The van der Waals surface area contributed by atoms with Crippen molar-refractivity contribution in [1.29, 1.82) is 0 Å². The number of aliphatic imine (C=N–C) groups is 1. The fourth-order valence-corrected chi connectivity index (χ4v) is 12.4. The summed E-state index contributed by atoms with van der Waals surface area (Å²) in [5.74, 6) is 3.44. The van der Waals surface area contributed by atoms with E-state index in [9.17, 15) is 10.2 Å². The number of aromatic nitrogens is 3. The molecule has 3 saturated heterocycles. The third kappa shape index (κ3) is 7.46. The molecule has 0 unspecified atom stereocenters. The van der Waals surface area contributed by atoms with Crippen LogP contribution in [0.2, 0.25) is 0 Å². The first-order chi connectivity index (χ1) is 30.6. The minimum Gasteiger partial charge on any atom is -0.508 e. The molecule has 4 aliphatic heterocycles. The molecule has 6 heterocycles. The van der Waals surface area contributed by atoms with Crippen LogP contribution in [0.5, 0.6) is 5.75 Å². The monoisotopic (exact) mass is 858 g/mol. The number of phenols is 1. The number of aromatic hydroxyl groups is 1. The molecule has 0 amide bonds. The van der Waals surface area contributed by atoms with Crippen LogP contribution in [0, 0.1) is 26.7 Å². The number of hydrogen-bond acceptors (Lipinski definition) is 10. The van der Waals surface area contributed by atoms with Crippen molar-refractivity contribution < 1.29 is 10.2 Å². The molecular formula is C52H58N8O2S. The molecule has 0 radical (unpaired) electrons. The molecular weight excluding hydrogens is 801 g/mol. The topological polar surface area (TPSA) is 96.5 Å². The van der Waals surface area contributed by atoms with E-state index in [0.717, 1.165) is 88.1 Å². The van der Waals surface area contributed by atoms with E-state index in [2.05, 4.69) is 140 Å². The maximum absolute atomic E-state index is 11.6. The van der Waals surface area contributed by atoms with Crippen LogP contribution in [0.15, 0.2) is 102 Å². The number of benzene rings is 4. The van der Waals surface area contributed by atoms with Crippen molar-refractivity contribution in [2.75, 3.05) is 75.2 Å². The predicted molar refractivity (Wildman–Crippen MR) is 254 cm³/mol. The van der Waals surface area contributed by atoms with Crippen LogP contribution in [0.25, 0.3) is 5.00 Å². The maximum atomic E-state index is 11.6. The van der Waals surface area contributed by atoms with Gasteiger partial charge in [0.2, 0.25) is 0 Å². The molecule has 63 heavy (non-hydrogen) atoms. The van der Waals surface area contributed by atoms with Gasteiger partial charge in [-0.05, 0) is 111 Å². The van der Waals surface area contributed by atoms with E-state index in [1.807, 2.05) is 19.1 Å². The average molecular weight is 859 g/mol. The molecule has 4 aromatic carbocycles. The maximum Gasteiger partial charge on any atom is 0.162 e. The zero-order chi connectivity index (χ0) is 43.0. The summed E-state index contributed by atoms with van der Waals surface area (Å²) in [4.78, 5) is 16.5. The van der Waals surface area contributed by atoms with E-state index >= 15 is 0 Å². The highest BCUT2D eigenvalue weighted by atomic mass is 32.1. The van der Waals surface area contributed by atoms with Crippen LogP contribution in [0.1, 0.15) is 86.7 Å².